The highest BCUT2D eigenvalue weighted by Crippen LogP contribution is 2.22. The van der Waals surface area contributed by atoms with Gasteiger partial charge >= 0.3 is 0 Å². The Bertz CT molecular complexity index is 628. The molecule has 1 aromatic rings. The average Bonchev–Trinajstić information content (AvgIpc) is 2.55. The number of anilines is 1. The summed E-state index contributed by atoms with van der Waals surface area (Å²) in [5.74, 6) is -0.346. The molecule has 1 aliphatic heterocycles. The molecular formula is C18H26ClN3O3. The van der Waals surface area contributed by atoms with Crippen LogP contribution in [0.15, 0.2) is 18.2 Å². The first-order chi connectivity index (χ1) is 11.8. The normalized spacial score (nSPS) is 17.8. The van der Waals surface area contributed by atoms with Gasteiger partial charge in [-0.05, 0) is 38.5 Å². The summed E-state index contributed by atoms with van der Waals surface area (Å²) in [7, 11) is 0. The van der Waals surface area contributed by atoms with E-state index in [1.807, 2.05) is 20.8 Å². The van der Waals surface area contributed by atoms with E-state index in [0.717, 1.165) is 13.0 Å². The Kier molecular flexibility index (Phi) is 6.81. The van der Waals surface area contributed by atoms with E-state index in [9.17, 15) is 9.59 Å². The molecule has 138 valence electrons. The second kappa shape index (κ2) is 8.65. The lowest BCUT2D eigenvalue weighted by Crippen LogP contribution is -2.43. The van der Waals surface area contributed by atoms with Gasteiger partial charge in [0.15, 0.2) is 0 Å². The first kappa shape index (κ1) is 19.7. The van der Waals surface area contributed by atoms with Crippen molar-refractivity contribution in [1.82, 2.24) is 10.6 Å². The molecule has 7 heteroatoms. The summed E-state index contributed by atoms with van der Waals surface area (Å²) in [5, 5.41) is 9.29. The van der Waals surface area contributed by atoms with Crippen LogP contribution in [0, 0.1) is 0 Å². The molecule has 1 aliphatic rings. The first-order valence-corrected chi connectivity index (χ1v) is 8.91. The molecule has 1 fully saturated rings. The van der Waals surface area contributed by atoms with Crippen molar-refractivity contribution in [2.24, 2.45) is 0 Å². The fraction of sp³-hybridized carbons (Fsp3) is 0.556. The zero-order valence-corrected chi connectivity index (χ0v) is 15.7. The number of ether oxygens (including phenoxy) is 1. The molecule has 6 nitrogen and oxygen atoms in total. The highest BCUT2D eigenvalue weighted by atomic mass is 35.5. The predicted molar refractivity (Wildman–Crippen MR) is 99.1 cm³/mol. The van der Waals surface area contributed by atoms with Crippen molar-refractivity contribution in [2.75, 3.05) is 25.1 Å². The van der Waals surface area contributed by atoms with Crippen LogP contribution < -0.4 is 16.0 Å². The summed E-state index contributed by atoms with van der Waals surface area (Å²) in [6, 6.07) is 4.92. The number of carbonyl (C=O) groups is 2. The largest absolute Gasteiger partial charge is 0.378 e. The van der Waals surface area contributed by atoms with Gasteiger partial charge in [0, 0.05) is 30.2 Å². The monoisotopic (exact) mass is 367 g/mol. The molecule has 1 saturated heterocycles. The second-order valence-electron chi connectivity index (χ2n) is 6.86. The SMILES string of the molecule is CCC(C)(C)NC(=O)c1ccc(NC(=O)CC2COCCN2)cc1Cl. The number of morpholine rings is 1. The van der Waals surface area contributed by atoms with E-state index in [2.05, 4.69) is 16.0 Å². The molecule has 25 heavy (non-hydrogen) atoms. The van der Waals surface area contributed by atoms with E-state index in [0.29, 0.717) is 35.9 Å². The summed E-state index contributed by atoms with van der Waals surface area (Å²) in [6.07, 6.45) is 1.13. The summed E-state index contributed by atoms with van der Waals surface area (Å²) >= 11 is 6.23. The fourth-order valence-corrected chi connectivity index (χ4v) is 2.69. The van der Waals surface area contributed by atoms with E-state index in [-0.39, 0.29) is 23.4 Å². The number of amides is 2. The van der Waals surface area contributed by atoms with Crippen molar-refractivity contribution in [3.05, 3.63) is 28.8 Å². The van der Waals surface area contributed by atoms with E-state index in [1.165, 1.54) is 0 Å². The third kappa shape index (κ3) is 5.99. The van der Waals surface area contributed by atoms with E-state index >= 15 is 0 Å². The number of hydrogen-bond acceptors (Lipinski definition) is 4. The van der Waals surface area contributed by atoms with Crippen molar-refractivity contribution in [3.63, 3.8) is 0 Å². The van der Waals surface area contributed by atoms with Gasteiger partial charge in [-0.2, -0.15) is 0 Å². The Labute approximate surface area is 153 Å². The maximum atomic E-state index is 12.3. The third-order valence-corrected chi connectivity index (χ3v) is 4.58. The van der Waals surface area contributed by atoms with E-state index < -0.39 is 0 Å². The molecule has 0 radical (unpaired) electrons. The van der Waals surface area contributed by atoms with Crippen molar-refractivity contribution in [1.29, 1.82) is 0 Å². The van der Waals surface area contributed by atoms with Crippen LogP contribution in [0.5, 0.6) is 0 Å². The number of benzene rings is 1. The molecule has 0 aliphatic carbocycles. The number of hydrogen-bond donors (Lipinski definition) is 3. The molecule has 0 saturated carbocycles. The Morgan fingerprint density at radius 1 is 1.40 bits per heavy atom. The van der Waals surface area contributed by atoms with Crippen molar-refractivity contribution in [3.8, 4) is 0 Å². The van der Waals surface area contributed by atoms with Gasteiger partial charge in [0.2, 0.25) is 5.91 Å². The van der Waals surface area contributed by atoms with Gasteiger partial charge in [-0.15, -0.1) is 0 Å². The summed E-state index contributed by atoms with van der Waals surface area (Å²) in [6.45, 7) is 7.87. The first-order valence-electron chi connectivity index (χ1n) is 8.54. The van der Waals surface area contributed by atoms with Gasteiger partial charge in [0.1, 0.15) is 0 Å². The Balaban J connectivity index is 1.96. The quantitative estimate of drug-likeness (QED) is 0.722. The predicted octanol–water partition coefficient (Wildman–Crippen LogP) is 2.58. The maximum Gasteiger partial charge on any atom is 0.253 e. The van der Waals surface area contributed by atoms with Gasteiger partial charge in [-0.3, -0.25) is 9.59 Å². The molecular weight excluding hydrogens is 342 g/mol. The van der Waals surface area contributed by atoms with Gasteiger partial charge in [-0.1, -0.05) is 18.5 Å². The molecule has 0 bridgehead atoms. The Hall–Kier alpha value is -1.63. The Morgan fingerprint density at radius 2 is 2.16 bits per heavy atom. The average molecular weight is 368 g/mol. The minimum absolute atomic E-state index is 0.0190. The van der Waals surface area contributed by atoms with Gasteiger partial charge < -0.3 is 20.7 Å². The molecule has 1 aromatic carbocycles. The van der Waals surface area contributed by atoms with Crippen LogP contribution in [-0.2, 0) is 9.53 Å². The standard InChI is InChI=1S/C18H26ClN3O3/c1-4-18(2,3)22-17(24)14-6-5-12(9-15(14)19)21-16(23)10-13-11-25-8-7-20-13/h5-6,9,13,20H,4,7-8,10-11H2,1-3H3,(H,21,23)(H,22,24). The minimum atomic E-state index is -0.303. The van der Waals surface area contributed by atoms with Crippen LogP contribution in [0.25, 0.3) is 0 Å². The third-order valence-electron chi connectivity index (χ3n) is 4.26. The van der Waals surface area contributed by atoms with Gasteiger partial charge in [0.25, 0.3) is 5.91 Å². The van der Waals surface area contributed by atoms with Gasteiger partial charge in [-0.25, -0.2) is 0 Å². The zero-order chi connectivity index (χ0) is 18.4. The van der Waals surface area contributed by atoms with E-state index in [4.69, 9.17) is 16.3 Å². The molecule has 1 atom stereocenters. The van der Waals surface area contributed by atoms with Crippen LogP contribution in [0.2, 0.25) is 5.02 Å². The maximum absolute atomic E-state index is 12.3. The number of carbonyl (C=O) groups excluding carboxylic acids is 2. The molecule has 0 aromatic heterocycles. The summed E-state index contributed by atoms with van der Waals surface area (Å²) in [4.78, 5) is 24.4. The highest BCUT2D eigenvalue weighted by Gasteiger charge is 2.21. The van der Waals surface area contributed by atoms with Crippen molar-refractivity contribution < 1.29 is 14.3 Å². The summed E-state index contributed by atoms with van der Waals surface area (Å²) in [5.41, 5.74) is 0.657. The molecule has 1 heterocycles. The smallest absolute Gasteiger partial charge is 0.253 e. The molecule has 0 spiro atoms. The van der Waals surface area contributed by atoms with Crippen molar-refractivity contribution in [2.45, 2.75) is 45.2 Å². The Morgan fingerprint density at radius 3 is 2.76 bits per heavy atom. The van der Waals surface area contributed by atoms with Crippen LogP contribution in [0.1, 0.15) is 44.0 Å². The number of rotatable bonds is 6. The number of nitrogens with one attached hydrogen (secondary N) is 3. The minimum Gasteiger partial charge on any atom is -0.378 e. The molecule has 2 rings (SSSR count). The summed E-state index contributed by atoms with van der Waals surface area (Å²) < 4.78 is 5.34. The zero-order valence-electron chi connectivity index (χ0n) is 14.9. The van der Waals surface area contributed by atoms with Crippen LogP contribution in [0.4, 0.5) is 5.69 Å². The lowest BCUT2D eigenvalue weighted by atomic mass is 10.0. The number of halogens is 1. The van der Waals surface area contributed by atoms with Crippen LogP contribution >= 0.6 is 11.6 Å². The highest BCUT2D eigenvalue weighted by molar-refractivity contribution is 6.34. The molecule has 2 amide bonds. The van der Waals surface area contributed by atoms with E-state index in [1.54, 1.807) is 18.2 Å². The lowest BCUT2D eigenvalue weighted by Gasteiger charge is -2.25. The fourth-order valence-electron chi connectivity index (χ4n) is 2.43. The van der Waals surface area contributed by atoms with Crippen LogP contribution in [-0.4, -0.2) is 43.2 Å². The van der Waals surface area contributed by atoms with Crippen molar-refractivity contribution >= 4 is 29.1 Å². The lowest BCUT2D eigenvalue weighted by molar-refractivity contribution is -0.117. The molecule has 1 unspecified atom stereocenters. The molecule has 3 N–H and O–H groups in total. The van der Waals surface area contributed by atoms with Crippen LogP contribution in [0.3, 0.4) is 0 Å². The second-order valence-corrected chi connectivity index (χ2v) is 7.27. The van der Waals surface area contributed by atoms with Gasteiger partial charge in [0.05, 0.1) is 23.8 Å². The topological polar surface area (TPSA) is 79.5 Å².